The number of nitrogens with zero attached hydrogens (tertiary/aromatic N) is 5. The van der Waals surface area contributed by atoms with Crippen molar-refractivity contribution in [3.63, 3.8) is 0 Å². The SMILES string of the molecule is CSc1ccc2nc(N3CCC(CN(C)C(=O)c4cn(C)cn4)CC3)sc2c1. The van der Waals surface area contributed by atoms with Crippen LogP contribution in [0, 0.1) is 5.92 Å². The molecule has 0 radical (unpaired) electrons. The zero-order valence-corrected chi connectivity index (χ0v) is 18.1. The number of hydrogen-bond donors (Lipinski definition) is 0. The van der Waals surface area contributed by atoms with Gasteiger partial charge in [0.1, 0.15) is 5.69 Å². The average molecular weight is 416 g/mol. The Morgan fingerprint density at radius 3 is 2.82 bits per heavy atom. The standard InChI is InChI=1S/C20H25N5OS2/c1-23-12-17(21-13-23)19(26)24(2)11-14-6-8-25(9-7-14)20-22-16-5-4-15(27-3)10-18(16)28-20/h4-5,10,12-14H,6-9,11H2,1-3H3. The molecule has 148 valence electrons. The smallest absolute Gasteiger partial charge is 0.273 e. The number of hydrogen-bond acceptors (Lipinski definition) is 6. The largest absolute Gasteiger partial charge is 0.348 e. The lowest BCUT2D eigenvalue weighted by atomic mass is 9.96. The quantitative estimate of drug-likeness (QED) is 0.594. The Hall–Kier alpha value is -2.06. The summed E-state index contributed by atoms with van der Waals surface area (Å²) in [5.74, 6) is 0.519. The van der Waals surface area contributed by atoms with Crippen LogP contribution in [0.5, 0.6) is 0 Å². The molecular weight excluding hydrogens is 390 g/mol. The maximum atomic E-state index is 12.5. The predicted octanol–water partition coefficient (Wildman–Crippen LogP) is 3.74. The molecule has 0 aliphatic carbocycles. The molecule has 0 unspecified atom stereocenters. The van der Waals surface area contributed by atoms with Crippen molar-refractivity contribution < 1.29 is 4.79 Å². The number of aromatic nitrogens is 3. The lowest BCUT2D eigenvalue weighted by Crippen LogP contribution is -2.39. The highest BCUT2D eigenvalue weighted by molar-refractivity contribution is 7.98. The number of piperidine rings is 1. The maximum Gasteiger partial charge on any atom is 0.273 e. The molecule has 1 fully saturated rings. The fourth-order valence-corrected chi connectivity index (χ4v) is 5.22. The minimum Gasteiger partial charge on any atom is -0.348 e. The fraction of sp³-hybridized carbons (Fsp3) is 0.450. The monoisotopic (exact) mass is 415 g/mol. The first-order valence-electron chi connectivity index (χ1n) is 9.46. The van der Waals surface area contributed by atoms with Crippen molar-refractivity contribution >= 4 is 44.4 Å². The van der Waals surface area contributed by atoms with Crippen molar-refractivity contribution in [2.75, 3.05) is 37.8 Å². The average Bonchev–Trinajstić information content (AvgIpc) is 3.33. The van der Waals surface area contributed by atoms with E-state index >= 15 is 0 Å². The summed E-state index contributed by atoms with van der Waals surface area (Å²) in [6, 6.07) is 6.48. The second-order valence-electron chi connectivity index (χ2n) is 7.37. The third-order valence-electron chi connectivity index (χ3n) is 5.27. The van der Waals surface area contributed by atoms with Gasteiger partial charge in [0.15, 0.2) is 5.13 Å². The summed E-state index contributed by atoms with van der Waals surface area (Å²) in [5, 5.41) is 1.12. The summed E-state index contributed by atoms with van der Waals surface area (Å²) >= 11 is 3.54. The molecule has 6 nitrogen and oxygen atoms in total. The van der Waals surface area contributed by atoms with Crippen LogP contribution in [0.2, 0.25) is 0 Å². The summed E-state index contributed by atoms with van der Waals surface area (Å²) in [4.78, 5) is 27.0. The minimum absolute atomic E-state index is 0.00111. The van der Waals surface area contributed by atoms with E-state index in [-0.39, 0.29) is 5.91 Å². The molecule has 1 aliphatic rings. The van der Waals surface area contributed by atoms with Gasteiger partial charge in [-0.1, -0.05) is 11.3 Å². The summed E-state index contributed by atoms with van der Waals surface area (Å²) in [7, 11) is 3.75. The topological polar surface area (TPSA) is 54.3 Å². The molecule has 2 aromatic heterocycles. The van der Waals surface area contributed by atoms with E-state index in [4.69, 9.17) is 4.98 Å². The number of fused-ring (bicyclic) bond motifs is 1. The normalized spacial score (nSPS) is 15.3. The Balaban J connectivity index is 1.35. The van der Waals surface area contributed by atoms with Crippen molar-refractivity contribution in [1.82, 2.24) is 19.4 Å². The van der Waals surface area contributed by atoms with Gasteiger partial charge < -0.3 is 14.4 Å². The van der Waals surface area contributed by atoms with Gasteiger partial charge in [-0.05, 0) is 43.2 Å². The van der Waals surface area contributed by atoms with Gasteiger partial charge in [-0.15, -0.1) is 11.8 Å². The van der Waals surface area contributed by atoms with E-state index in [0.29, 0.717) is 11.6 Å². The molecule has 1 aliphatic heterocycles. The number of anilines is 1. The summed E-state index contributed by atoms with van der Waals surface area (Å²) < 4.78 is 3.06. The van der Waals surface area contributed by atoms with Gasteiger partial charge in [0, 0.05) is 44.8 Å². The highest BCUT2D eigenvalue weighted by Crippen LogP contribution is 2.33. The molecule has 4 rings (SSSR count). The van der Waals surface area contributed by atoms with Crippen LogP contribution in [-0.4, -0.2) is 58.3 Å². The molecule has 3 aromatic rings. The number of carbonyl (C=O) groups is 1. The van der Waals surface area contributed by atoms with E-state index in [1.807, 2.05) is 19.0 Å². The molecule has 1 aromatic carbocycles. The molecule has 0 saturated carbocycles. The zero-order valence-electron chi connectivity index (χ0n) is 16.5. The Bertz CT molecular complexity index is 974. The number of aryl methyl sites for hydroxylation is 1. The van der Waals surface area contributed by atoms with Crippen molar-refractivity contribution in [1.29, 1.82) is 0 Å². The molecule has 28 heavy (non-hydrogen) atoms. The van der Waals surface area contributed by atoms with Crippen molar-refractivity contribution in [2.45, 2.75) is 17.7 Å². The highest BCUT2D eigenvalue weighted by atomic mass is 32.2. The number of rotatable bonds is 5. The third-order valence-corrected chi connectivity index (χ3v) is 7.08. The van der Waals surface area contributed by atoms with Crippen LogP contribution in [0.3, 0.4) is 0 Å². The van der Waals surface area contributed by atoms with Crippen molar-refractivity contribution in [3.8, 4) is 0 Å². The van der Waals surface area contributed by atoms with Crippen LogP contribution in [-0.2, 0) is 7.05 Å². The van der Waals surface area contributed by atoms with E-state index < -0.39 is 0 Å². The van der Waals surface area contributed by atoms with Crippen LogP contribution in [0.1, 0.15) is 23.3 Å². The molecule has 0 atom stereocenters. The number of thioether (sulfide) groups is 1. The van der Waals surface area contributed by atoms with E-state index in [9.17, 15) is 4.79 Å². The number of thiazole rings is 1. The maximum absolute atomic E-state index is 12.5. The van der Waals surface area contributed by atoms with Gasteiger partial charge in [0.25, 0.3) is 5.91 Å². The van der Waals surface area contributed by atoms with E-state index in [1.165, 1.54) is 9.60 Å². The Labute approximate surface area is 173 Å². The minimum atomic E-state index is -0.00111. The van der Waals surface area contributed by atoms with Crippen LogP contribution in [0.15, 0.2) is 35.6 Å². The number of amides is 1. The summed E-state index contributed by atoms with van der Waals surface area (Å²) in [5.41, 5.74) is 1.60. The van der Waals surface area contributed by atoms with Gasteiger partial charge in [-0.25, -0.2) is 9.97 Å². The Morgan fingerprint density at radius 2 is 2.14 bits per heavy atom. The van der Waals surface area contributed by atoms with Crippen molar-refractivity contribution in [3.05, 3.63) is 36.4 Å². The van der Waals surface area contributed by atoms with Crippen LogP contribution >= 0.6 is 23.1 Å². The molecule has 0 spiro atoms. The number of benzene rings is 1. The Kier molecular flexibility index (Phi) is 5.59. The molecule has 8 heteroatoms. The molecule has 1 saturated heterocycles. The summed E-state index contributed by atoms with van der Waals surface area (Å²) in [6.45, 7) is 2.76. The second-order valence-corrected chi connectivity index (χ2v) is 9.26. The molecule has 1 amide bonds. The predicted molar refractivity (Wildman–Crippen MR) is 117 cm³/mol. The van der Waals surface area contributed by atoms with E-state index in [1.54, 1.807) is 40.2 Å². The number of imidazole rings is 1. The zero-order chi connectivity index (χ0) is 19.7. The molecule has 0 N–H and O–H groups in total. The lowest BCUT2D eigenvalue weighted by Gasteiger charge is -2.33. The fourth-order valence-electron chi connectivity index (χ4n) is 3.65. The van der Waals surface area contributed by atoms with Crippen LogP contribution in [0.25, 0.3) is 10.2 Å². The summed E-state index contributed by atoms with van der Waals surface area (Å²) in [6.07, 6.45) is 7.69. The molecule has 0 bridgehead atoms. The van der Waals surface area contributed by atoms with E-state index in [2.05, 4.69) is 34.3 Å². The third kappa shape index (κ3) is 4.03. The van der Waals surface area contributed by atoms with Gasteiger partial charge in [0.2, 0.25) is 0 Å². The van der Waals surface area contributed by atoms with Crippen LogP contribution in [0.4, 0.5) is 5.13 Å². The second kappa shape index (κ2) is 8.13. The molecule has 3 heterocycles. The first-order valence-corrected chi connectivity index (χ1v) is 11.5. The van der Waals surface area contributed by atoms with Gasteiger partial charge in [0.05, 0.1) is 16.5 Å². The lowest BCUT2D eigenvalue weighted by molar-refractivity contribution is 0.0759. The van der Waals surface area contributed by atoms with Crippen molar-refractivity contribution in [2.24, 2.45) is 13.0 Å². The van der Waals surface area contributed by atoms with E-state index in [0.717, 1.165) is 43.1 Å². The van der Waals surface area contributed by atoms with Gasteiger partial charge in [-0.2, -0.15) is 0 Å². The molecular formula is C20H25N5OS2. The highest BCUT2D eigenvalue weighted by Gasteiger charge is 2.24. The number of carbonyl (C=O) groups excluding carboxylic acids is 1. The van der Waals surface area contributed by atoms with Gasteiger partial charge >= 0.3 is 0 Å². The first-order chi connectivity index (χ1) is 13.5. The van der Waals surface area contributed by atoms with Gasteiger partial charge in [-0.3, -0.25) is 4.79 Å². The van der Waals surface area contributed by atoms with Crippen LogP contribution < -0.4 is 4.90 Å². The Morgan fingerprint density at radius 1 is 1.36 bits per heavy atom. The first kappa shape index (κ1) is 19.3.